The zero-order valence-corrected chi connectivity index (χ0v) is 13.6. The Balaban J connectivity index is 1.80. The van der Waals surface area contributed by atoms with Crippen molar-refractivity contribution in [3.63, 3.8) is 0 Å². The molecule has 0 unspecified atom stereocenters. The molecule has 22 heavy (non-hydrogen) atoms. The number of pyridine rings is 1. The molecule has 0 amide bonds. The lowest BCUT2D eigenvalue weighted by atomic mass is 9.98. The summed E-state index contributed by atoms with van der Waals surface area (Å²) in [5.74, 6) is 1.78. The van der Waals surface area contributed by atoms with Gasteiger partial charge in [-0.05, 0) is 61.8 Å². The van der Waals surface area contributed by atoms with E-state index in [1.807, 2.05) is 6.20 Å². The standard InChI is InChI=1S/C17H20N4S/c1-12-9-14-16(19-10-12)21(11-13-4-6-18-7-5-13)17(20-14)15-3-2-8-22-15/h2-3,8-10,13,18H,4-7,11H2,1H3. The molecule has 4 heterocycles. The zero-order chi connectivity index (χ0) is 14.9. The van der Waals surface area contributed by atoms with Crippen molar-refractivity contribution >= 4 is 22.5 Å². The quantitative estimate of drug-likeness (QED) is 0.805. The lowest BCUT2D eigenvalue weighted by Crippen LogP contribution is -2.30. The van der Waals surface area contributed by atoms with Gasteiger partial charge in [0, 0.05) is 12.7 Å². The Kier molecular flexibility index (Phi) is 3.68. The van der Waals surface area contributed by atoms with Gasteiger partial charge in [-0.1, -0.05) is 6.07 Å². The van der Waals surface area contributed by atoms with Crippen LogP contribution < -0.4 is 5.32 Å². The van der Waals surface area contributed by atoms with Crippen LogP contribution in [0.2, 0.25) is 0 Å². The Morgan fingerprint density at radius 3 is 3.00 bits per heavy atom. The van der Waals surface area contributed by atoms with Gasteiger partial charge in [0.15, 0.2) is 11.5 Å². The molecule has 3 aromatic rings. The van der Waals surface area contributed by atoms with E-state index in [1.165, 1.54) is 17.7 Å². The number of fused-ring (bicyclic) bond motifs is 1. The van der Waals surface area contributed by atoms with Crippen molar-refractivity contribution in [1.29, 1.82) is 0 Å². The van der Waals surface area contributed by atoms with Gasteiger partial charge < -0.3 is 9.88 Å². The van der Waals surface area contributed by atoms with Gasteiger partial charge in [0.2, 0.25) is 0 Å². The molecule has 0 bridgehead atoms. The Bertz CT molecular complexity index is 769. The number of aromatic nitrogens is 3. The summed E-state index contributed by atoms with van der Waals surface area (Å²) >= 11 is 1.75. The molecule has 1 fully saturated rings. The number of piperidine rings is 1. The van der Waals surface area contributed by atoms with Crippen molar-refractivity contribution in [2.75, 3.05) is 13.1 Å². The van der Waals surface area contributed by atoms with Crippen LogP contribution in [-0.4, -0.2) is 27.6 Å². The average Bonchev–Trinajstić information content (AvgIpc) is 3.16. The second-order valence-electron chi connectivity index (χ2n) is 6.07. The summed E-state index contributed by atoms with van der Waals surface area (Å²) < 4.78 is 2.33. The zero-order valence-electron chi connectivity index (χ0n) is 12.7. The number of imidazole rings is 1. The molecule has 1 aliphatic heterocycles. The van der Waals surface area contributed by atoms with Gasteiger partial charge in [0.25, 0.3) is 0 Å². The molecule has 114 valence electrons. The summed E-state index contributed by atoms with van der Waals surface area (Å²) in [7, 11) is 0. The highest BCUT2D eigenvalue weighted by Crippen LogP contribution is 2.29. The Hall–Kier alpha value is -1.72. The third-order valence-corrected chi connectivity index (χ3v) is 5.23. The van der Waals surface area contributed by atoms with Crippen LogP contribution in [0.3, 0.4) is 0 Å². The van der Waals surface area contributed by atoms with E-state index in [-0.39, 0.29) is 0 Å². The Labute approximate surface area is 134 Å². The van der Waals surface area contributed by atoms with E-state index in [0.29, 0.717) is 5.92 Å². The van der Waals surface area contributed by atoms with Crippen LogP contribution in [0, 0.1) is 12.8 Å². The molecule has 0 atom stereocenters. The predicted molar refractivity (Wildman–Crippen MR) is 91.2 cm³/mol. The lowest BCUT2D eigenvalue weighted by Gasteiger charge is -2.23. The highest BCUT2D eigenvalue weighted by atomic mass is 32.1. The van der Waals surface area contributed by atoms with E-state index in [4.69, 9.17) is 4.98 Å². The number of thiophene rings is 1. The molecule has 5 heteroatoms. The number of hydrogen-bond acceptors (Lipinski definition) is 4. The van der Waals surface area contributed by atoms with Crippen LogP contribution >= 0.6 is 11.3 Å². The molecule has 3 aromatic heterocycles. The monoisotopic (exact) mass is 312 g/mol. The average molecular weight is 312 g/mol. The Morgan fingerprint density at radius 1 is 1.36 bits per heavy atom. The molecular formula is C17H20N4S. The van der Waals surface area contributed by atoms with Crippen molar-refractivity contribution in [1.82, 2.24) is 19.9 Å². The third kappa shape index (κ3) is 2.55. The first-order valence-corrected chi connectivity index (χ1v) is 8.77. The van der Waals surface area contributed by atoms with Crippen LogP contribution in [0.1, 0.15) is 18.4 Å². The third-order valence-electron chi connectivity index (χ3n) is 4.36. The number of hydrogen-bond donors (Lipinski definition) is 1. The number of aryl methyl sites for hydroxylation is 1. The number of nitrogens with one attached hydrogen (secondary N) is 1. The minimum absolute atomic E-state index is 0.709. The topological polar surface area (TPSA) is 42.7 Å². The maximum Gasteiger partial charge on any atom is 0.160 e. The molecule has 0 aliphatic carbocycles. The lowest BCUT2D eigenvalue weighted by molar-refractivity contribution is 0.337. The fourth-order valence-electron chi connectivity index (χ4n) is 3.20. The first-order valence-electron chi connectivity index (χ1n) is 7.89. The van der Waals surface area contributed by atoms with Gasteiger partial charge in [-0.2, -0.15) is 0 Å². The van der Waals surface area contributed by atoms with Crippen molar-refractivity contribution in [2.24, 2.45) is 5.92 Å². The molecule has 4 rings (SSSR count). The van der Waals surface area contributed by atoms with Crippen LogP contribution in [0.25, 0.3) is 21.9 Å². The number of nitrogens with zero attached hydrogens (tertiary/aromatic N) is 3. The summed E-state index contributed by atoms with van der Waals surface area (Å²) in [5, 5.41) is 5.56. The molecule has 0 spiro atoms. The molecule has 1 saturated heterocycles. The first-order chi connectivity index (χ1) is 10.8. The second-order valence-corrected chi connectivity index (χ2v) is 7.02. The molecule has 0 aromatic carbocycles. The molecular weight excluding hydrogens is 292 g/mol. The van der Waals surface area contributed by atoms with Gasteiger partial charge in [0.1, 0.15) is 5.52 Å². The fourth-order valence-corrected chi connectivity index (χ4v) is 3.92. The van der Waals surface area contributed by atoms with E-state index in [9.17, 15) is 0 Å². The highest BCUT2D eigenvalue weighted by Gasteiger charge is 2.20. The van der Waals surface area contributed by atoms with Crippen molar-refractivity contribution < 1.29 is 0 Å². The highest BCUT2D eigenvalue weighted by molar-refractivity contribution is 7.13. The molecule has 1 aliphatic rings. The van der Waals surface area contributed by atoms with E-state index < -0.39 is 0 Å². The van der Waals surface area contributed by atoms with E-state index >= 15 is 0 Å². The maximum atomic E-state index is 4.88. The van der Waals surface area contributed by atoms with Crippen LogP contribution in [-0.2, 0) is 6.54 Å². The summed E-state index contributed by atoms with van der Waals surface area (Å²) in [6.45, 7) is 5.33. The minimum atomic E-state index is 0.709. The molecule has 0 saturated carbocycles. The van der Waals surface area contributed by atoms with Crippen molar-refractivity contribution in [3.8, 4) is 10.7 Å². The SMILES string of the molecule is Cc1cnc2c(c1)nc(-c1cccs1)n2CC1CCNCC1. The molecule has 1 N–H and O–H groups in total. The van der Waals surface area contributed by atoms with Crippen molar-refractivity contribution in [2.45, 2.75) is 26.3 Å². The minimum Gasteiger partial charge on any atom is -0.317 e. The van der Waals surface area contributed by atoms with Crippen molar-refractivity contribution in [3.05, 3.63) is 35.3 Å². The summed E-state index contributed by atoms with van der Waals surface area (Å²) in [5.41, 5.74) is 3.20. The Morgan fingerprint density at radius 2 is 2.23 bits per heavy atom. The number of rotatable bonds is 3. The van der Waals surface area contributed by atoms with Gasteiger partial charge in [-0.25, -0.2) is 9.97 Å². The van der Waals surface area contributed by atoms with Gasteiger partial charge in [0.05, 0.1) is 4.88 Å². The summed E-state index contributed by atoms with van der Waals surface area (Å²) in [6.07, 6.45) is 4.41. The van der Waals surface area contributed by atoms with Gasteiger partial charge in [-0.3, -0.25) is 0 Å². The fraction of sp³-hybridized carbons (Fsp3) is 0.412. The predicted octanol–water partition coefficient (Wildman–Crippen LogP) is 3.47. The second kappa shape index (κ2) is 5.82. The van der Waals surface area contributed by atoms with Crippen LogP contribution in [0.4, 0.5) is 0 Å². The van der Waals surface area contributed by atoms with Crippen LogP contribution in [0.5, 0.6) is 0 Å². The largest absolute Gasteiger partial charge is 0.317 e. The van der Waals surface area contributed by atoms with Gasteiger partial charge in [-0.15, -0.1) is 11.3 Å². The van der Waals surface area contributed by atoms with E-state index in [0.717, 1.165) is 42.2 Å². The smallest absolute Gasteiger partial charge is 0.160 e. The maximum absolute atomic E-state index is 4.88. The summed E-state index contributed by atoms with van der Waals surface area (Å²) in [6, 6.07) is 6.38. The molecule has 0 radical (unpaired) electrons. The summed E-state index contributed by atoms with van der Waals surface area (Å²) in [4.78, 5) is 10.8. The normalized spacial score (nSPS) is 16.4. The van der Waals surface area contributed by atoms with E-state index in [2.05, 4.69) is 45.4 Å². The molecule has 4 nitrogen and oxygen atoms in total. The van der Waals surface area contributed by atoms with Crippen LogP contribution in [0.15, 0.2) is 29.8 Å². The first kappa shape index (κ1) is 13.9. The van der Waals surface area contributed by atoms with E-state index in [1.54, 1.807) is 11.3 Å². The van der Waals surface area contributed by atoms with Gasteiger partial charge >= 0.3 is 0 Å².